The standard InChI is InChI=1S/C12H11N5O2/c13-14-12(18)8-5-6-19-11(8)7-17-10-4-2-1-3-9(10)15-16-17/h1-6H,7,13H2,(H,14,18). The van der Waals surface area contributed by atoms with E-state index >= 15 is 0 Å². The fourth-order valence-electron chi connectivity index (χ4n) is 1.91. The molecular weight excluding hydrogens is 246 g/mol. The second-order valence-corrected chi connectivity index (χ2v) is 3.97. The third-order valence-electron chi connectivity index (χ3n) is 2.83. The van der Waals surface area contributed by atoms with Crippen molar-refractivity contribution in [2.24, 2.45) is 5.84 Å². The highest BCUT2D eigenvalue weighted by molar-refractivity contribution is 5.94. The van der Waals surface area contributed by atoms with Gasteiger partial charge in [-0.15, -0.1) is 5.10 Å². The van der Waals surface area contributed by atoms with Gasteiger partial charge in [0, 0.05) is 0 Å². The van der Waals surface area contributed by atoms with Crippen LogP contribution >= 0.6 is 0 Å². The van der Waals surface area contributed by atoms with Crippen molar-refractivity contribution in [2.45, 2.75) is 6.54 Å². The number of amides is 1. The van der Waals surface area contributed by atoms with Crippen LogP contribution in [-0.2, 0) is 6.54 Å². The molecule has 0 aliphatic carbocycles. The minimum Gasteiger partial charge on any atom is -0.467 e. The van der Waals surface area contributed by atoms with Crippen LogP contribution in [0.4, 0.5) is 0 Å². The Morgan fingerprint density at radius 2 is 2.21 bits per heavy atom. The second kappa shape index (κ2) is 4.54. The smallest absolute Gasteiger partial charge is 0.268 e. The first-order valence-corrected chi connectivity index (χ1v) is 5.65. The lowest BCUT2D eigenvalue weighted by molar-refractivity contribution is 0.0951. The molecular formula is C12H11N5O2. The van der Waals surface area contributed by atoms with E-state index in [1.54, 1.807) is 10.7 Å². The van der Waals surface area contributed by atoms with Gasteiger partial charge in [0.05, 0.1) is 17.3 Å². The van der Waals surface area contributed by atoms with Crippen molar-refractivity contribution in [1.82, 2.24) is 20.4 Å². The topological polar surface area (TPSA) is 99.0 Å². The van der Waals surface area contributed by atoms with E-state index in [1.807, 2.05) is 24.3 Å². The van der Waals surface area contributed by atoms with Gasteiger partial charge in [-0.1, -0.05) is 17.3 Å². The van der Waals surface area contributed by atoms with Crippen molar-refractivity contribution in [1.29, 1.82) is 0 Å². The number of hydrazine groups is 1. The van der Waals surface area contributed by atoms with E-state index in [1.165, 1.54) is 6.26 Å². The number of fused-ring (bicyclic) bond motifs is 1. The number of hydrogen-bond donors (Lipinski definition) is 2. The first-order valence-electron chi connectivity index (χ1n) is 5.65. The number of carbonyl (C=O) groups is 1. The molecule has 0 aliphatic heterocycles. The quantitative estimate of drug-likeness (QED) is 0.408. The molecule has 0 unspecified atom stereocenters. The van der Waals surface area contributed by atoms with Crippen LogP contribution < -0.4 is 11.3 Å². The monoisotopic (exact) mass is 257 g/mol. The lowest BCUT2D eigenvalue weighted by Gasteiger charge is -2.02. The van der Waals surface area contributed by atoms with Crippen LogP contribution in [0.5, 0.6) is 0 Å². The highest BCUT2D eigenvalue weighted by Crippen LogP contribution is 2.15. The summed E-state index contributed by atoms with van der Waals surface area (Å²) in [5.41, 5.74) is 4.13. The summed E-state index contributed by atoms with van der Waals surface area (Å²) in [5.74, 6) is 5.21. The largest absolute Gasteiger partial charge is 0.467 e. The molecule has 3 rings (SSSR count). The Kier molecular flexibility index (Phi) is 2.73. The number of furan rings is 1. The van der Waals surface area contributed by atoms with E-state index in [-0.39, 0.29) is 0 Å². The fourth-order valence-corrected chi connectivity index (χ4v) is 1.91. The minimum absolute atomic E-state index is 0.316. The number of nitrogens with two attached hydrogens (primary N) is 1. The molecule has 0 radical (unpaired) electrons. The van der Waals surface area contributed by atoms with Crippen molar-refractivity contribution in [2.75, 3.05) is 0 Å². The number of nitrogen functional groups attached to an aromatic ring is 1. The number of rotatable bonds is 3. The zero-order valence-corrected chi connectivity index (χ0v) is 9.91. The van der Waals surface area contributed by atoms with Gasteiger partial charge >= 0.3 is 0 Å². The molecule has 0 atom stereocenters. The third-order valence-corrected chi connectivity index (χ3v) is 2.83. The summed E-state index contributed by atoms with van der Waals surface area (Å²) in [7, 11) is 0. The van der Waals surface area contributed by atoms with Crippen LogP contribution in [0.1, 0.15) is 16.1 Å². The molecule has 0 spiro atoms. The van der Waals surface area contributed by atoms with Crippen LogP contribution in [0, 0.1) is 0 Å². The van der Waals surface area contributed by atoms with Crippen LogP contribution in [0.3, 0.4) is 0 Å². The number of nitrogens with zero attached hydrogens (tertiary/aromatic N) is 3. The van der Waals surface area contributed by atoms with E-state index in [2.05, 4.69) is 15.7 Å². The van der Waals surface area contributed by atoms with Crippen LogP contribution in [0.15, 0.2) is 41.0 Å². The molecule has 1 amide bonds. The molecule has 19 heavy (non-hydrogen) atoms. The molecule has 2 aromatic heterocycles. The van der Waals surface area contributed by atoms with Crippen molar-refractivity contribution in [3.63, 3.8) is 0 Å². The van der Waals surface area contributed by atoms with Crippen molar-refractivity contribution < 1.29 is 9.21 Å². The highest BCUT2D eigenvalue weighted by atomic mass is 16.3. The average Bonchev–Trinajstić information content (AvgIpc) is 3.06. The summed E-state index contributed by atoms with van der Waals surface area (Å²) in [6, 6.07) is 9.13. The molecule has 1 aromatic carbocycles. The molecule has 0 saturated heterocycles. The number of nitrogens with one attached hydrogen (secondary N) is 1. The summed E-state index contributed by atoms with van der Waals surface area (Å²) in [6.45, 7) is 0.316. The summed E-state index contributed by atoms with van der Waals surface area (Å²) in [5, 5.41) is 8.08. The molecule has 0 saturated carbocycles. The van der Waals surface area contributed by atoms with Crippen LogP contribution in [0.2, 0.25) is 0 Å². The number of para-hydroxylation sites is 1. The summed E-state index contributed by atoms with van der Waals surface area (Å²) in [6.07, 6.45) is 1.44. The van der Waals surface area contributed by atoms with Gasteiger partial charge in [0.1, 0.15) is 17.8 Å². The van der Waals surface area contributed by atoms with Crippen molar-refractivity contribution in [3.8, 4) is 0 Å². The normalized spacial score (nSPS) is 10.8. The minimum atomic E-state index is -0.395. The van der Waals surface area contributed by atoms with Crippen LogP contribution in [0.25, 0.3) is 11.0 Å². The third kappa shape index (κ3) is 1.95. The van der Waals surface area contributed by atoms with Gasteiger partial charge in [-0.2, -0.15) is 0 Å². The Balaban J connectivity index is 1.98. The van der Waals surface area contributed by atoms with Gasteiger partial charge in [0.15, 0.2) is 0 Å². The summed E-state index contributed by atoms with van der Waals surface area (Å²) >= 11 is 0. The van der Waals surface area contributed by atoms with Gasteiger partial charge in [0.25, 0.3) is 5.91 Å². The van der Waals surface area contributed by atoms with Crippen molar-refractivity contribution >= 4 is 16.9 Å². The Hall–Kier alpha value is -2.67. The van der Waals surface area contributed by atoms with Gasteiger partial charge in [0.2, 0.25) is 0 Å². The average molecular weight is 257 g/mol. The number of carbonyl (C=O) groups excluding carboxylic acids is 1. The van der Waals surface area contributed by atoms with E-state index in [4.69, 9.17) is 10.3 Å². The molecule has 0 fully saturated rings. The Labute approximate surface area is 108 Å². The molecule has 7 nitrogen and oxygen atoms in total. The van der Waals surface area contributed by atoms with E-state index in [0.29, 0.717) is 17.9 Å². The van der Waals surface area contributed by atoms with E-state index in [0.717, 1.165) is 11.0 Å². The number of hydrogen-bond acceptors (Lipinski definition) is 5. The summed E-state index contributed by atoms with van der Waals surface area (Å²) in [4.78, 5) is 11.5. The van der Waals surface area contributed by atoms with Gasteiger partial charge in [-0.05, 0) is 18.2 Å². The number of aromatic nitrogens is 3. The maximum absolute atomic E-state index is 11.5. The molecule has 0 bridgehead atoms. The molecule has 7 heteroatoms. The molecule has 96 valence electrons. The summed E-state index contributed by atoms with van der Waals surface area (Å²) < 4.78 is 6.97. The highest BCUT2D eigenvalue weighted by Gasteiger charge is 2.15. The van der Waals surface area contributed by atoms with Crippen LogP contribution in [-0.4, -0.2) is 20.9 Å². The maximum atomic E-state index is 11.5. The number of benzene rings is 1. The zero-order chi connectivity index (χ0) is 13.2. The van der Waals surface area contributed by atoms with E-state index < -0.39 is 5.91 Å². The lowest BCUT2D eigenvalue weighted by Crippen LogP contribution is -2.30. The fraction of sp³-hybridized carbons (Fsp3) is 0.0833. The first-order chi connectivity index (χ1) is 9.29. The molecule has 3 aromatic rings. The maximum Gasteiger partial charge on any atom is 0.268 e. The Morgan fingerprint density at radius 3 is 3.05 bits per heavy atom. The lowest BCUT2D eigenvalue weighted by atomic mass is 10.2. The van der Waals surface area contributed by atoms with Gasteiger partial charge in [-0.3, -0.25) is 10.2 Å². The first kappa shape index (κ1) is 11.4. The zero-order valence-electron chi connectivity index (χ0n) is 9.91. The molecule has 0 aliphatic rings. The Bertz CT molecular complexity index is 730. The molecule has 3 N–H and O–H groups in total. The Morgan fingerprint density at radius 1 is 1.37 bits per heavy atom. The van der Waals surface area contributed by atoms with E-state index in [9.17, 15) is 4.79 Å². The van der Waals surface area contributed by atoms with Gasteiger partial charge < -0.3 is 4.42 Å². The SMILES string of the molecule is NNC(=O)c1ccoc1Cn1nnc2ccccc21. The second-order valence-electron chi connectivity index (χ2n) is 3.97. The van der Waals surface area contributed by atoms with Crippen molar-refractivity contribution in [3.05, 3.63) is 47.9 Å². The van der Waals surface area contributed by atoms with Gasteiger partial charge in [-0.25, -0.2) is 10.5 Å². The molecule has 2 heterocycles. The predicted molar refractivity (Wildman–Crippen MR) is 67.0 cm³/mol. The predicted octanol–water partition coefficient (Wildman–Crippen LogP) is 0.676.